The van der Waals surface area contributed by atoms with Crippen molar-refractivity contribution in [3.63, 3.8) is 0 Å². The second-order valence-corrected chi connectivity index (χ2v) is 6.06. The fraction of sp³-hybridized carbons (Fsp3) is 0.211. The summed E-state index contributed by atoms with van der Waals surface area (Å²) in [6.45, 7) is 4.77. The summed E-state index contributed by atoms with van der Waals surface area (Å²) >= 11 is 0. The van der Waals surface area contributed by atoms with Gasteiger partial charge in [0.2, 0.25) is 0 Å². The number of amides is 1. The number of hydrogen-bond acceptors (Lipinski definition) is 3. The highest BCUT2D eigenvalue weighted by Crippen LogP contribution is 2.37. The normalized spacial score (nSPS) is 15.7. The van der Waals surface area contributed by atoms with E-state index in [0.29, 0.717) is 29.7 Å². The van der Waals surface area contributed by atoms with Gasteiger partial charge in [-0.15, -0.1) is 0 Å². The third-order valence-corrected chi connectivity index (χ3v) is 3.59. The van der Waals surface area contributed by atoms with Gasteiger partial charge < -0.3 is 15.4 Å². The number of nitrogens with two attached hydrogens (primary N) is 1. The zero-order valence-corrected chi connectivity index (χ0v) is 13.3. The highest BCUT2D eigenvalue weighted by Gasteiger charge is 2.30. The van der Waals surface area contributed by atoms with Crippen molar-refractivity contribution in [2.24, 2.45) is 5.92 Å². The van der Waals surface area contributed by atoms with Gasteiger partial charge in [0.25, 0.3) is 5.91 Å². The van der Waals surface area contributed by atoms with Crippen LogP contribution < -0.4 is 15.4 Å². The highest BCUT2D eigenvalue weighted by atomic mass is 16.5. The Labute approximate surface area is 136 Å². The van der Waals surface area contributed by atoms with Crippen LogP contribution in [0.25, 0.3) is 6.08 Å². The van der Waals surface area contributed by atoms with Gasteiger partial charge in [-0.05, 0) is 35.8 Å². The highest BCUT2D eigenvalue weighted by molar-refractivity contribution is 6.10. The first-order valence-electron chi connectivity index (χ1n) is 7.70. The van der Waals surface area contributed by atoms with Crippen molar-refractivity contribution in [2.45, 2.75) is 13.8 Å². The number of rotatable bonds is 3. The van der Waals surface area contributed by atoms with Crippen molar-refractivity contribution >= 4 is 23.4 Å². The molecule has 0 saturated heterocycles. The first-order chi connectivity index (χ1) is 11.0. The van der Waals surface area contributed by atoms with Crippen molar-refractivity contribution in [1.82, 2.24) is 0 Å². The molecule has 0 bridgehead atoms. The number of benzene rings is 2. The summed E-state index contributed by atoms with van der Waals surface area (Å²) < 4.78 is 5.83. The van der Waals surface area contributed by atoms with Gasteiger partial charge >= 0.3 is 0 Å². The average molecular weight is 308 g/mol. The van der Waals surface area contributed by atoms with Crippen molar-refractivity contribution in [3.05, 3.63) is 59.9 Å². The second-order valence-electron chi connectivity index (χ2n) is 6.06. The Morgan fingerprint density at radius 2 is 1.91 bits per heavy atom. The third kappa shape index (κ3) is 3.21. The standard InChI is InChI=1S/C19H20N2O2/c1-13(2)12-21-16-11-15(20)8-9-17(16)23-18(19(21)22)10-14-6-4-3-5-7-14/h3-11,13H,12,20H2,1-2H3/b18-10+. The molecule has 23 heavy (non-hydrogen) atoms. The average Bonchev–Trinajstić information content (AvgIpc) is 2.53. The van der Waals surface area contributed by atoms with E-state index in [1.807, 2.05) is 36.4 Å². The van der Waals surface area contributed by atoms with E-state index >= 15 is 0 Å². The molecule has 3 rings (SSSR count). The Balaban J connectivity index is 2.04. The van der Waals surface area contributed by atoms with Gasteiger partial charge in [-0.3, -0.25) is 4.79 Å². The molecule has 0 saturated carbocycles. The molecular formula is C19H20N2O2. The van der Waals surface area contributed by atoms with E-state index in [0.717, 1.165) is 11.3 Å². The molecule has 1 heterocycles. The number of ether oxygens (including phenoxy) is 1. The Hall–Kier alpha value is -2.75. The van der Waals surface area contributed by atoms with Crippen LogP contribution in [0.15, 0.2) is 54.3 Å². The number of anilines is 2. The molecule has 0 spiro atoms. The number of fused-ring (bicyclic) bond motifs is 1. The maximum Gasteiger partial charge on any atom is 0.294 e. The first-order valence-corrected chi connectivity index (χ1v) is 7.70. The van der Waals surface area contributed by atoms with Gasteiger partial charge in [-0.1, -0.05) is 44.2 Å². The van der Waals surface area contributed by atoms with Crippen LogP contribution in [0.2, 0.25) is 0 Å². The molecule has 0 aliphatic carbocycles. The van der Waals surface area contributed by atoms with E-state index in [1.165, 1.54) is 0 Å². The zero-order valence-electron chi connectivity index (χ0n) is 13.3. The zero-order chi connectivity index (χ0) is 16.4. The van der Waals surface area contributed by atoms with Crippen LogP contribution in [0.3, 0.4) is 0 Å². The van der Waals surface area contributed by atoms with Crippen molar-refractivity contribution in [2.75, 3.05) is 17.2 Å². The van der Waals surface area contributed by atoms with E-state index < -0.39 is 0 Å². The number of carbonyl (C=O) groups excluding carboxylic acids is 1. The number of carbonyl (C=O) groups is 1. The molecule has 1 aliphatic rings. The monoisotopic (exact) mass is 308 g/mol. The van der Waals surface area contributed by atoms with E-state index in [2.05, 4.69) is 13.8 Å². The van der Waals surface area contributed by atoms with Crippen LogP contribution in [-0.2, 0) is 4.79 Å². The number of nitrogen functional groups attached to an aromatic ring is 1. The summed E-state index contributed by atoms with van der Waals surface area (Å²) in [7, 11) is 0. The van der Waals surface area contributed by atoms with Crippen LogP contribution in [0.5, 0.6) is 5.75 Å². The maximum absolute atomic E-state index is 12.8. The summed E-state index contributed by atoms with van der Waals surface area (Å²) in [6.07, 6.45) is 1.77. The second kappa shape index (κ2) is 6.16. The summed E-state index contributed by atoms with van der Waals surface area (Å²) in [5.74, 6) is 1.18. The lowest BCUT2D eigenvalue weighted by atomic mass is 10.1. The fourth-order valence-corrected chi connectivity index (χ4v) is 2.57. The van der Waals surface area contributed by atoms with Gasteiger partial charge in [0.15, 0.2) is 11.5 Å². The van der Waals surface area contributed by atoms with Crippen LogP contribution >= 0.6 is 0 Å². The van der Waals surface area contributed by atoms with E-state index in [1.54, 1.807) is 23.1 Å². The molecule has 4 heteroatoms. The quantitative estimate of drug-likeness (QED) is 0.695. The molecule has 0 aromatic heterocycles. The van der Waals surface area contributed by atoms with E-state index in [4.69, 9.17) is 10.5 Å². The van der Waals surface area contributed by atoms with E-state index in [9.17, 15) is 4.79 Å². The molecule has 0 unspecified atom stereocenters. The Kier molecular flexibility index (Phi) is 4.06. The fourth-order valence-electron chi connectivity index (χ4n) is 2.57. The lowest BCUT2D eigenvalue weighted by Gasteiger charge is -2.32. The molecule has 1 amide bonds. The summed E-state index contributed by atoms with van der Waals surface area (Å²) in [5, 5.41) is 0. The minimum atomic E-state index is -0.138. The predicted octanol–water partition coefficient (Wildman–Crippen LogP) is 3.69. The van der Waals surface area contributed by atoms with Crippen LogP contribution in [0.4, 0.5) is 11.4 Å². The Morgan fingerprint density at radius 1 is 1.17 bits per heavy atom. The molecule has 4 nitrogen and oxygen atoms in total. The minimum absolute atomic E-state index is 0.138. The summed E-state index contributed by atoms with van der Waals surface area (Å²) in [4.78, 5) is 14.6. The van der Waals surface area contributed by atoms with Crippen LogP contribution in [-0.4, -0.2) is 12.5 Å². The Morgan fingerprint density at radius 3 is 2.61 bits per heavy atom. The summed E-state index contributed by atoms with van der Waals surface area (Å²) in [5.41, 5.74) is 8.15. The molecule has 2 N–H and O–H groups in total. The topological polar surface area (TPSA) is 55.6 Å². The lowest BCUT2D eigenvalue weighted by molar-refractivity contribution is -0.117. The Bertz CT molecular complexity index is 751. The van der Waals surface area contributed by atoms with Gasteiger partial charge in [0.1, 0.15) is 0 Å². The molecule has 0 radical (unpaired) electrons. The lowest BCUT2D eigenvalue weighted by Crippen LogP contribution is -2.39. The first kappa shape index (κ1) is 15.2. The predicted molar refractivity (Wildman–Crippen MR) is 93.1 cm³/mol. The minimum Gasteiger partial charge on any atom is -0.449 e. The van der Waals surface area contributed by atoms with Crippen molar-refractivity contribution in [3.8, 4) is 5.75 Å². The number of nitrogens with zero attached hydrogens (tertiary/aromatic N) is 1. The molecule has 1 aliphatic heterocycles. The molecule has 0 fully saturated rings. The SMILES string of the molecule is CC(C)CN1C(=O)/C(=C\c2ccccc2)Oc2ccc(N)cc21. The number of hydrogen-bond donors (Lipinski definition) is 1. The largest absolute Gasteiger partial charge is 0.449 e. The van der Waals surface area contributed by atoms with Crippen LogP contribution in [0, 0.1) is 5.92 Å². The van der Waals surface area contributed by atoms with E-state index in [-0.39, 0.29) is 5.91 Å². The smallest absolute Gasteiger partial charge is 0.294 e. The van der Waals surface area contributed by atoms with Gasteiger partial charge in [0.05, 0.1) is 5.69 Å². The van der Waals surface area contributed by atoms with Crippen molar-refractivity contribution < 1.29 is 9.53 Å². The summed E-state index contributed by atoms with van der Waals surface area (Å²) in [6, 6.07) is 15.1. The molecule has 2 aromatic carbocycles. The third-order valence-electron chi connectivity index (χ3n) is 3.59. The van der Waals surface area contributed by atoms with Crippen molar-refractivity contribution in [1.29, 1.82) is 0 Å². The maximum atomic E-state index is 12.8. The van der Waals surface area contributed by atoms with Crippen LogP contribution in [0.1, 0.15) is 19.4 Å². The van der Waals surface area contributed by atoms with Gasteiger partial charge in [-0.25, -0.2) is 0 Å². The van der Waals surface area contributed by atoms with Gasteiger partial charge in [-0.2, -0.15) is 0 Å². The molecular weight excluding hydrogens is 288 g/mol. The molecule has 2 aromatic rings. The molecule has 0 atom stereocenters. The molecule has 118 valence electrons. The van der Waals surface area contributed by atoms with Gasteiger partial charge in [0, 0.05) is 12.2 Å².